The number of nitrogens with zero attached hydrogens (tertiary/aromatic N) is 3. The first-order valence-electron chi connectivity index (χ1n) is 8.43. The second kappa shape index (κ2) is 6.92. The fraction of sp³-hybridized carbons (Fsp3) is 0.0500. The van der Waals surface area contributed by atoms with E-state index in [0.717, 1.165) is 15.3 Å². The van der Waals surface area contributed by atoms with Gasteiger partial charge in [-0.2, -0.15) is 0 Å². The SMILES string of the molecule is O=C(Cn1cnc2ccc([N+](=O)[O-])cc2c1=O)Nc1ccc2ccccc2c1. The van der Waals surface area contributed by atoms with Gasteiger partial charge in [-0.05, 0) is 29.0 Å². The number of nitro groups is 1. The Morgan fingerprint density at radius 1 is 1.07 bits per heavy atom. The van der Waals surface area contributed by atoms with Crippen LogP contribution in [0.25, 0.3) is 21.7 Å². The number of non-ortho nitro benzene ring substituents is 1. The van der Waals surface area contributed by atoms with Gasteiger partial charge in [-0.3, -0.25) is 24.3 Å². The molecule has 0 bridgehead atoms. The van der Waals surface area contributed by atoms with Crippen LogP contribution in [0.15, 0.2) is 71.8 Å². The van der Waals surface area contributed by atoms with Crippen molar-refractivity contribution in [1.82, 2.24) is 9.55 Å². The molecule has 4 aromatic rings. The van der Waals surface area contributed by atoms with E-state index in [9.17, 15) is 19.7 Å². The minimum atomic E-state index is -0.581. The maximum absolute atomic E-state index is 12.6. The molecule has 8 heteroatoms. The van der Waals surface area contributed by atoms with E-state index in [1.165, 1.54) is 24.5 Å². The number of nitro benzene ring substituents is 1. The number of amides is 1. The number of nitrogens with one attached hydrogen (secondary N) is 1. The van der Waals surface area contributed by atoms with Gasteiger partial charge in [0, 0.05) is 17.8 Å². The van der Waals surface area contributed by atoms with E-state index in [1.54, 1.807) is 6.07 Å². The Hall–Kier alpha value is -4.07. The van der Waals surface area contributed by atoms with Crippen LogP contribution in [0.2, 0.25) is 0 Å². The van der Waals surface area contributed by atoms with Crippen LogP contribution >= 0.6 is 0 Å². The predicted molar refractivity (Wildman–Crippen MR) is 105 cm³/mol. The highest BCUT2D eigenvalue weighted by molar-refractivity contribution is 5.94. The van der Waals surface area contributed by atoms with Crippen molar-refractivity contribution in [2.45, 2.75) is 6.54 Å². The number of fused-ring (bicyclic) bond motifs is 2. The Bertz CT molecular complexity index is 1300. The van der Waals surface area contributed by atoms with Crippen LogP contribution in [0.1, 0.15) is 0 Å². The number of hydrogen-bond acceptors (Lipinski definition) is 5. The Kier molecular flexibility index (Phi) is 4.29. The molecule has 0 aliphatic carbocycles. The molecule has 3 aromatic carbocycles. The molecule has 1 amide bonds. The molecule has 0 atom stereocenters. The lowest BCUT2D eigenvalue weighted by molar-refractivity contribution is -0.384. The van der Waals surface area contributed by atoms with Gasteiger partial charge in [-0.1, -0.05) is 30.3 Å². The van der Waals surface area contributed by atoms with Crippen LogP contribution in [0.3, 0.4) is 0 Å². The van der Waals surface area contributed by atoms with Crippen LogP contribution < -0.4 is 10.9 Å². The van der Waals surface area contributed by atoms with E-state index < -0.39 is 16.4 Å². The lowest BCUT2D eigenvalue weighted by Gasteiger charge is -2.09. The third kappa shape index (κ3) is 3.30. The zero-order chi connectivity index (χ0) is 19.7. The van der Waals surface area contributed by atoms with Crippen LogP contribution in [0.5, 0.6) is 0 Å². The van der Waals surface area contributed by atoms with Gasteiger partial charge in [0.1, 0.15) is 6.54 Å². The van der Waals surface area contributed by atoms with E-state index in [2.05, 4.69) is 10.3 Å². The van der Waals surface area contributed by atoms with Crippen molar-refractivity contribution in [3.63, 3.8) is 0 Å². The van der Waals surface area contributed by atoms with Gasteiger partial charge < -0.3 is 5.32 Å². The van der Waals surface area contributed by atoms with Crippen molar-refractivity contribution in [3.8, 4) is 0 Å². The summed E-state index contributed by atoms with van der Waals surface area (Å²) in [7, 11) is 0. The zero-order valence-electron chi connectivity index (χ0n) is 14.5. The number of carbonyl (C=O) groups is 1. The van der Waals surface area contributed by atoms with Crippen LogP contribution in [-0.4, -0.2) is 20.4 Å². The zero-order valence-corrected chi connectivity index (χ0v) is 14.5. The molecule has 0 unspecified atom stereocenters. The highest BCUT2D eigenvalue weighted by Gasteiger charge is 2.12. The lowest BCUT2D eigenvalue weighted by atomic mass is 10.1. The van der Waals surface area contributed by atoms with Crippen LogP contribution in [0, 0.1) is 10.1 Å². The largest absolute Gasteiger partial charge is 0.325 e. The Morgan fingerprint density at radius 2 is 1.86 bits per heavy atom. The van der Waals surface area contributed by atoms with E-state index in [0.29, 0.717) is 11.2 Å². The van der Waals surface area contributed by atoms with Crippen LogP contribution in [0.4, 0.5) is 11.4 Å². The minimum absolute atomic E-state index is 0.0928. The number of carbonyl (C=O) groups excluding carboxylic acids is 1. The molecule has 1 aromatic heterocycles. The molecule has 0 fully saturated rings. The highest BCUT2D eigenvalue weighted by Crippen LogP contribution is 2.19. The first-order chi connectivity index (χ1) is 13.5. The van der Waals surface area contributed by atoms with E-state index in [-0.39, 0.29) is 17.6 Å². The van der Waals surface area contributed by atoms with Gasteiger partial charge in [-0.15, -0.1) is 0 Å². The fourth-order valence-electron chi connectivity index (χ4n) is 3.00. The molecule has 8 nitrogen and oxygen atoms in total. The quantitative estimate of drug-likeness (QED) is 0.436. The summed E-state index contributed by atoms with van der Waals surface area (Å²) < 4.78 is 1.13. The maximum Gasteiger partial charge on any atom is 0.270 e. The van der Waals surface area contributed by atoms with Gasteiger partial charge in [0.25, 0.3) is 11.2 Å². The molecular weight excluding hydrogens is 360 g/mol. The molecule has 0 spiro atoms. The average Bonchev–Trinajstić information content (AvgIpc) is 2.69. The Labute approximate surface area is 158 Å². The monoisotopic (exact) mass is 374 g/mol. The number of aromatic nitrogens is 2. The van der Waals surface area contributed by atoms with Crippen molar-refractivity contribution in [1.29, 1.82) is 0 Å². The molecule has 1 N–H and O–H groups in total. The first-order valence-corrected chi connectivity index (χ1v) is 8.43. The van der Waals surface area contributed by atoms with Crippen molar-refractivity contribution in [2.75, 3.05) is 5.32 Å². The summed E-state index contributed by atoms with van der Waals surface area (Å²) in [6, 6.07) is 17.1. The van der Waals surface area contributed by atoms with Gasteiger partial charge in [-0.25, -0.2) is 4.98 Å². The molecule has 1 heterocycles. The van der Waals surface area contributed by atoms with E-state index in [1.807, 2.05) is 36.4 Å². The standard InChI is InChI=1S/C20H14N4O4/c25-19(22-15-6-5-13-3-1-2-4-14(13)9-15)11-23-12-21-18-8-7-16(24(27)28)10-17(18)20(23)26/h1-10,12H,11H2,(H,22,25). The summed E-state index contributed by atoms with van der Waals surface area (Å²) in [5.41, 5.74) is 0.232. The smallest absolute Gasteiger partial charge is 0.270 e. The average molecular weight is 374 g/mol. The topological polar surface area (TPSA) is 107 Å². The molecule has 0 aliphatic heterocycles. The summed E-state index contributed by atoms with van der Waals surface area (Å²) >= 11 is 0. The lowest BCUT2D eigenvalue weighted by Crippen LogP contribution is -2.27. The van der Waals surface area contributed by atoms with Crippen LogP contribution in [-0.2, 0) is 11.3 Å². The predicted octanol–water partition coefficient (Wildman–Crippen LogP) is 3.10. The van der Waals surface area contributed by atoms with Crippen molar-refractivity contribution in [3.05, 3.63) is 87.5 Å². The molecule has 4 rings (SSSR count). The Morgan fingerprint density at radius 3 is 2.64 bits per heavy atom. The third-order valence-corrected chi connectivity index (χ3v) is 4.37. The normalized spacial score (nSPS) is 10.9. The molecule has 0 radical (unpaired) electrons. The van der Waals surface area contributed by atoms with Gasteiger partial charge in [0.05, 0.1) is 22.2 Å². The number of benzene rings is 3. The van der Waals surface area contributed by atoms with Gasteiger partial charge in [0.2, 0.25) is 5.91 Å². The summed E-state index contributed by atoms with van der Waals surface area (Å²) in [6.45, 7) is -0.253. The summed E-state index contributed by atoms with van der Waals surface area (Å²) in [5.74, 6) is -0.399. The van der Waals surface area contributed by atoms with Gasteiger partial charge in [0.15, 0.2) is 0 Å². The number of anilines is 1. The van der Waals surface area contributed by atoms with Gasteiger partial charge >= 0.3 is 0 Å². The highest BCUT2D eigenvalue weighted by atomic mass is 16.6. The minimum Gasteiger partial charge on any atom is -0.325 e. The molecule has 0 saturated carbocycles. The maximum atomic E-state index is 12.6. The van der Waals surface area contributed by atoms with E-state index >= 15 is 0 Å². The van der Waals surface area contributed by atoms with Crippen molar-refractivity contribution in [2.24, 2.45) is 0 Å². The summed E-state index contributed by atoms with van der Waals surface area (Å²) in [6.07, 6.45) is 1.26. The number of hydrogen-bond donors (Lipinski definition) is 1. The molecule has 28 heavy (non-hydrogen) atoms. The van der Waals surface area contributed by atoms with Crippen molar-refractivity contribution < 1.29 is 9.72 Å². The second-order valence-corrected chi connectivity index (χ2v) is 6.25. The van der Waals surface area contributed by atoms with Crippen molar-refractivity contribution >= 4 is 39.0 Å². The second-order valence-electron chi connectivity index (χ2n) is 6.25. The summed E-state index contributed by atoms with van der Waals surface area (Å²) in [5, 5.41) is 15.8. The molecule has 0 saturated heterocycles. The molecular formula is C20H14N4O4. The third-order valence-electron chi connectivity index (χ3n) is 4.37. The number of rotatable bonds is 4. The fourth-order valence-corrected chi connectivity index (χ4v) is 3.00. The molecule has 0 aliphatic rings. The summed E-state index contributed by atoms with van der Waals surface area (Å²) in [4.78, 5) is 39.4. The Balaban J connectivity index is 1.59. The van der Waals surface area contributed by atoms with E-state index in [4.69, 9.17) is 0 Å². The molecule has 138 valence electrons. The first kappa shape index (κ1) is 17.3.